The van der Waals surface area contributed by atoms with E-state index in [1.165, 1.54) is 4.31 Å². The molecular weight excluding hydrogens is 464 g/mol. The molecule has 1 N–H and O–H groups in total. The van der Waals surface area contributed by atoms with Gasteiger partial charge in [0.25, 0.3) is 0 Å². The monoisotopic (exact) mass is 500 g/mol. The number of likely N-dealkylation sites (N-methyl/N-ethyl adjacent to an activating group) is 1. The van der Waals surface area contributed by atoms with E-state index >= 15 is 0 Å². The number of hydrogen-bond donors (Lipinski definition) is 1. The summed E-state index contributed by atoms with van der Waals surface area (Å²) in [6, 6.07) is 11.9. The number of sulfonamides is 1. The minimum atomic E-state index is -3.87. The summed E-state index contributed by atoms with van der Waals surface area (Å²) < 4.78 is 40.2. The van der Waals surface area contributed by atoms with Gasteiger partial charge in [0.05, 0.1) is 13.7 Å². The molecule has 3 rings (SSSR count). The Morgan fingerprint density at radius 2 is 1.94 bits per heavy atom. The summed E-state index contributed by atoms with van der Waals surface area (Å²) in [6.45, 7) is 7.43. The number of rotatable bonds is 7. The third kappa shape index (κ3) is 6.56. The molecule has 1 aliphatic rings. The highest BCUT2D eigenvalue weighted by Gasteiger charge is 2.38. The van der Waals surface area contributed by atoms with Crippen molar-refractivity contribution in [2.24, 2.45) is 5.92 Å². The molecule has 0 saturated carbocycles. The van der Waals surface area contributed by atoms with Gasteiger partial charge >= 0.3 is 0 Å². The molecule has 3 atom stereocenters. The Kier molecular flexibility index (Phi) is 9.20. The van der Waals surface area contributed by atoms with Crippen molar-refractivity contribution in [2.45, 2.75) is 44.2 Å². The van der Waals surface area contributed by atoms with Gasteiger partial charge in [-0.1, -0.05) is 31.8 Å². The molecule has 0 fully saturated rings. The minimum Gasteiger partial charge on any atom is -0.497 e. The smallest absolute Gasteiger partial charge is 0.247 e. The van der Waals surface area contributed by atoms with Gasteiger partial charge < -0.3 is 19.5 Å². The number of nitrogens with zero attached hydrogens (tertiary/aromatic N) is 2. The lowest BCUT2D eigenvalue weighted by Gasteiger charge is -2.37. The van der Waals surface area contributed by atoms with Crippen LogP contribution in [0.3, 0.4) is 0 Å². The van der Waals surface area contributed by atoms with Crippen LogP contribution in [-0.4, -0.2) is 75.3 Å². The number of fused-ring (bicyclic) bond motifs is 1. The Labute approximate surface area is 209 Å². The number of aliphatic hydroxyl groups is 1. The number of hydrogen-bond acceptors (Lipinski definition) is 6. The molecule has 0 unspecified atom stereocenters. The van der Waals surface area contributed by atoms with Crippen LogP contribution < -0.4 is 9.47 Å². The van der Waals surface area contributed by atoms with Crippen LogP contribution in [0.25, 0.3) is 0 Å². The molecule has 7 nitrogen and oxygen atoms in total. The van der Waals surface area contributed by atoms with Crippen molar-refractivity contribution in [3.05, 3.63) is 53.6 Å². The summed E-state index contributed by atoms with van der Waals surface area (Å²) in [7, 11) is -0.223. The molecule has 0 bridgehead atoms. The fraction of sp³-hybridized carbons (Fsp3) is 0.481. The van der Waals surface area contributed by atoms with E-state index in [0.29, 0.717) is 17.9 Å². The molecule has 2 aromatic rings. The van der Waals surface area contributed by atoms with Gasteiger partial charge in [-0.05, 0) is 63.3 Å². The molecule has 0 aliphatic carbocycles. The topological polar surface area (TPSA) is 79.3 Å². The molecule has 2 aromatic carbocycles. The first kappa shape index (κ1) is 27.0. The zero-order chi connectivity index (χ0) is 25.6. The summed E-state index contributed by atoms with van der Waals surface area (Å²) in [5.74, 6) is 7.15. The second kappa shape index (κ2) is 11.9. The molecule has 0 saturated heterocycles. The van der Waals surface area contributed by atoms with Gasteiger partial charge in [0, 0.05) is 36.2 Å². The third-order valence-corrected chi connectivity index (χ3v) is 8.20. The van der Waals surface area contributed by atoms with Crippen LogP contribution in [0.5, 0.6) is 11.5 Å². The largest absolute Gasteiger partial charge is 0.497 e. The van der Waals surface area contributed by atoms with E-state index in [1.807, 2.05) is 38.2 Å². The van der Waals surface area contributed by atoms with E-state index in [2.05, 4.69) is 23.7 Å². The van der Waals surface area contributed by atoms with Gasteiger partial charge in [-0.2, -0.15) is 4.31 Å². The molecule has 35 heavy (non-hydrogen) atoms. The van der Waals surface area contributed by atoms with Crippen molar-refractivity contribution in [1.82, 2.24) is 9.21 Å². The van der Waals surface area contributed by atoms with Crippen LogP contribution in [0.4, 0.5) is 0 Å². The molecule has 1 aliphatic heterocycles. The van der Waals surface area contributed by atoms with E-state index in [9.17, 15) is 13.5 Å². The number of benzene rings is 2. The van der Waals surface area contributed by atoms with Gasteiger partial charge in [0.15, 0.2) is 0 Å². The van der Waals surface area contributed by atoms with Gasteiger partial charge in [0.1, 0.15) is 22.5 Å². The summed E-state index contributed by atoms with van der Waals surface area (Å²) in [4.78, 5) is 2.29. The Morgan fingerprint density at radius 3 is 2.60 bits per heavy atom. The maximum Gasteiger partial charge on any atom is 0.247 e. The summed E-state index contributed by atoms with van der Waals surface area (Å²) in [5, 5.41) is 9.78. The highest BCUT2D eigenvalue weighted by Crippen LogP contribution is 2.34. The molecule has 1 heterocycles. The molecule has 8 heteroatoms. The minimum absolute atomic E-state index is 0.0854. The van der Waals surface area contributed by atoms with Crippen molar-refractivity contribution < 1.29 is 23.0 Å². The predicted octanol–water partition coefficient (Wildman–Crippen LogP) is 3.21. The van der Waals surface area contributed by atoms with E-state index in [1.54, 1.807) is 32.2 Å². The highest BCUT2D eigenvalue weighted by molar-refractivity contribution is 7.89. The van der Waals surface area contributed by atoms with Crippen molar-refractivity contribution in [3.63, 3.8) is 0 Å². The Hall–Kier alpha value is -2.57. The second-order valence-electron chi connectivity index (χ2n) is 9.15. The van der Waals surface area contributed by atoms with Crippen molar-refractivity contribution >= 4 is 10.0 Å². The van der Waals surface area contributed by atoms with Crippen molar-refractivity contribution in [1.29, 1.82) is 0 Å². The maximum absolute atomic E-state index is 13.6. The van der Waals surface area contributed by atoms with Crippen LogP contribution >= 0.6 is 0 Å². The molecule has 0 aromatic heterocycles. The van der Waals surface area contributed by atoms with Crippen molar-refractivity contribution in [2.75, 3.05) is 40.4 Å². The Balaban J connectivity index is 2.05. The van der Waals surface area contributed by atoms with E-state index in [0.717, 1.165) is 24.3 Å². The first-order chi connectivity index (χ1) is 16.7. The van der Waals surface area contributed by atoms with Crippen LogP contribution in [0.15, 0.2) is 47.4 Å². The quantitative estimate of drug-likeness (QED) is 0.589. The summed E-state index contributed by atoms with van der Waals surface area (Å²) in [5.41, 5.74) is 1.44. The molecule has 0 amide bonds. The predicted molar refractivity (Wildman–Crippen MR) is 137 cm³/mol. The highest BCUT2D eigenvalue weighted by atomic mass is 32.2. The zero-order valence-electron chi connectivity index (χ0n) is 21.2. The average molecular weight is 501 g/mol. The zero-order valence-corrected chi connectivity index (χ0v) is 22.0. The normalized spacial score (nSPS) is 20.5. The SMILES string of the molecule is CCCN(C)C[C@@H]1Oc2cc(C#Cc3cccc(OC)c3)ccc2S(=O)(=O)N([C@H](C)CO)C[C@@H]1C. The summed E-state index contributed by atoms with van der Waals surface area (Å²) in [6.07, 6.45) is 0.788. The third-order valence-electron chi connectivity index (χ3n) is 6.18. The lowest BCUT2D eigenvalue weighted by molar-refractivity contribution is 0.0752. The van der Waals surface area contributed by atoms with Crippen LogP contribution in [-0.2, 0) is 10.0 Å². The van der Waals surface area contributed by atoms with E-state index in [4.69, 9.17) is 9.47 Å². The maximum atomic E-state index is 13.6. The van der Waals surface area contributed by atoms with Gasteiger partial charge in [-0.3, -0.25) is 0 Å². The lowest BCUT2D eigenvalue weighted by Crippen LogP contribution is -2.49. The number of methoxy groups -OCH3 is 1. The number of aliphatic hydroxyl groups excluding tert-OH is 1. The molecule has 0 spiro atoms. The standard InChI is InChI=1S/C27H36N2O5S/c1-6-14-28(4)18-26-20(2)17-29(21(3)19-30)35(31,32)27-13-12-23(16-25(27)34-26)11-10-22-8-7-9-24(15-22)33-5/h7-9,12-13,15-16,20-21,26,30H,6,14,17-19H2,1-5H3/t20-,21+,26-/m0/s1. The Morgan fingerprint density at radius 1 is 1.23 bits per heavy atom. The molecular formula is C27H36N2O5S. The Bertz CT molecular complexity index is 1170. The van der Waals surface area contributed by atoms with E-state index < -0.39 is 16.1 Å². The fourth-order valence-corrected chi connectivity index (χ4v) is 5.97. The van der Waals surface area contributed by atoms with Gasteiger partial charge in [0.2, 0.25) is 10.0 Å². The summed E-state index contributed by atoms with van der Waals surface area (Å²) >= 11 is 0. The fourth-order valence-electron chi connectivity index (χ4n) is 4.15. The van der Waals surface area contributed by atoms with Crippen LogP contribution in [0, 0.1) is 17.8 Å². The van der Waals surface area contributed by atoms with Gasteiger partial charge in [-0.15, -0.1) is 0 Å². The average Bonchev–Trinajstić information content (AvgIpc) is 2.84. The first-order valence-corrected chi connectivity index (χ1v) is 13.4. The lowest BCUT2D eigenvalue weighted by atomic mass is 10.0. The van der Waals surface area contributed by atoms with Gasteiger partial charge in [-0.25, -0.2) is 8.42 Å². The van der Waals surface area contributed by atoms with Crippen molar-refractivity contribution in [3.8, 4) is 23.3 Å². The first-order valence-electron chi connectivity index (χ1n) is 12.0. The van der Waals surface area contributed by atoms with E-state index in [-0.39, 0.29) is 30.1 Å². The van der Waals surface area contributed by atoms with Crippen LogP contribution in [0.2, 0.25) is 0 Å². The van der Waals surface area contributed by atoms with Crippen LogP contribution in [0.1, 0.15) is 38.3 Å². The molecule has 0 radical (unpaired) electrons. The molecule has 190 valence electrons. The number of ether oxygens (including phenoxy) is 2. The second-order valence-corrected chi connectivity index (χ2v) is 11.0.